The Morgan fingerprint density at radius 2 is 2.10 bits per heavy atom. The Labute approximate surface area is 127 Å². The van der Waals surface area contributed by atoms with Gasteiger partial charge in [-0.3, -0.25) is 4.79 Å². The van der Waals surface area contributed by atoms with Crippen LogP contribution in [0.15, 0.2) is 30.5 Å². The summed E-state index contributed by atoms with van der Waals surface area (Å²) in [5.41, 5.74) is 1.01. The van der Waals surface area contributed by atoms with Gasteiger partial charge in [-0.2, -0.15) is 0 Å². The standard InChI is InChI=1S/C16H17FN2OS/c1-11-18-10-15(21-11)16(20)19-9-3-2-4-14(19)12-5-7-13(17)8-6-12/h5-8,10,14H,2-4,9H2,1H3. The summed E-state index contributed by atoms with van der Waals surface area (Å²) >= 11 is 1.43. The van der Waals surface area contributed by atoms with Crippen LogP contribution in [0, 0.1) is 12.7 Å². The number of amides is 1. The highest BCUT2D eigenvalue weighted by atomic mass is 32.1. The van der Waals surface area contributed by atoms with E-state index in [1.807, 2.05) is 11.8 Å². The van der Waals surface area contributed by atoms with Crippen LogP contribution in [0.5, 0.6) is 0 Å². The van der Waals surface area contributed by atoms with Crippen molar-refractivity contribution in [1.82, 2.24) is 9.88 Å². The molecule has 1 saturated heterocycles. The van der Waals surface area contributed by atoms with E-state index in [1.165, 1.54) is 23.5 Å². The third kappa shape index (κ3) is 2.97. The van der Waals surface area contributed by atoms with Crippen molar-refractivity contribution in [2.24, 2.45) is 0 Å². The second-order valence-corrected chi connectivity index (χ2v) is 6.54. The van der Waals surface area contributed by atoms with Crippen LogP contribution in [-0.4, -0.2) is 22.3 Å². The molecule has 0 spiro atoms. The van der Waals surface area contributed by atoms with E-state index in [4.69, 9.17) is 0 Å². The van der Waals surface area contributed by atoms with Gasteiger partial charge in [-0.05, 0) is 43.9 Å². The average Bonchev–Trinajstić information content (AvgIpc) is 2.94. The molecule has 0 N–H and O–H groups in total. The first-order valence-electron chi connectivity index (χ1n) is 7.14. The number of hydrogen-bond acceptors (Lipinski definition) is 3. The quantitative estimate of drug-likeness (QED) is 0.841. The number of aromatic nitrogens is 1. The number of rotatable bonds is 2. The Kier molecular flexibility index (Phi) is 4.01. The molecule has 1 unspecified atom stereocenters. The summed E-state index contributed by atoms with van der Waals surface area (Å²) in [5, 5.41) is 0.897. The first-order chi connectivity index (χ1) is 10.1. The van der Waals surface area contributed by atoms with Gasteiger partial charge in [0, 0.05) is 6.54 Å². The third-order valence-electron chi connectivity index (χ3n) is 3.85. The molecule has 110 valence electrons. The Morgan fingerprint density at radius 1 is 1.33 bits per heavy atom. The predicted molar refractivity (Wildman–Crippen MR) is 80.9 cm³/mol. The van der Waals surface area contributed by atoms with Crippen molar-refractivity contribution in [2.45, 2.75) is 32.2 Å². The Bertz CT molecular complexity index is 638. The summed E-state index contributed by atoms with van der Waals surface area (Å²) in [6.45, 7) is 2.65. The first kappa shape index (κ1) is 14.2. The molecule has 1 aromatic carbocycles. The molecule has 3 rings (SSSR count). The van der Waals surface area contributed by atoms with E-state index < -0.39 is 0 Å². The second-order valence-electron chi connectivity index (χ2n) is 5.31. The van der Waals surface area contributed by atoms with Crippen LogP contribution in [0.4, 0.5) is 4.39 Å². The fourth-order valence-corrected chi connectivity index (χ4v) is 3.54. The minimum atomic E-state index is -0.245. The van der Waals surface area contributed by atoms with Gasteiger partial charge in [0.05, 0.1) is 17.2 Å². The van der Waals surface area contributed by atoms with E-state index in [2.05, 4.69) is 4.98 Å². The summed E-state index contributed by atoms with van der Waals surface area (Å²) < 4.78 is 13.1. The van der Waals surface area contributed by atoms with Crippen molar-refractivity contribution >= 4 is 17.2 Å². The number of hydrogen-bond donors (Lipinski definition) is 0. The molecule has 0 aliphatic carbocycles. The molecule has 0 saturated carbocycles. The van der Waals surface area contributed by atoms with Crippen LogP contribution in [0.1, 0.15) is 45.5 Å². The molecule has 1 fully saturated rings. The van der Waals surface area contributed by atoms with Gasteiger partial charge in [0.1, 0.15) is 10.7 Å². The number of carbonyl (C=O) groups excluding carboxylic acids is 1. The molecule has 0 radical (unpaired) electrons. The average molecular weight is 304 g/mol. The zero-order valence-corrected chi connectivity index (χ0v) is 12.7. The molecule has 5 heteroatoms. The van der Waals surface area contributed by atoms with Crippen molar-refractivity contribution in [2.75, 3.05) is 6.54 Å². The smallest absolute Gasteiger partial charge is 0.266 e. The number of likely N-dealkylation sites (tertiary alicyclic amines) is 1. The van der Waals surface area contributed by atoms with Crippen molar-refractivity contribution in [3.8, 4) is 0 Å². The van der Waals surface area contributed by atoms with Crippen molar-refractivity contribution in [1.29, 1.82) is 0 Å². The molecular formula is C16H17FN2OS. The Hall–Kier alpha value is -1.75. The van der Waals surface area contributed by atoms with Gasteiger partial charge in [-0.25, -0.2) is 9.37 Å². The zero-order valence-electron chi connectivity index (χ0n) is 11.9. The van der Waals surface area contributed by atoms with Crippen LogP contribution < -0.4 is 0 Å². The summed E-state index contributed by atoms with van der Waals surface area (Å²) in [4.78, 5) is 19.4. The van der Waals surface area contributed by atoms with Crippen LogP contribution in [0.3, 0.4) is 0 Å². The summed E-state index contributed by atoms with van der Waals surface area (Å²) in [6, 6.07) is 6.52. The Balaban J connectivity index is 1.87. The summed E-state index contributed by atoms with van der Waals surface area (Å²) in [6.07, 6.45) is 4.68. The van der Waals surface area contributed by atoms with Crippen LogP contribution >= 0.6 is 11.3 Å². The lowest BCUT2D eigenvalue weighted by atomic mass is 9.95. The molecular weight excluding hydrogens is 287 g/mol. The number of nitrogens with zero attached hydrogens (tertiary/aromatic N) is 2. The number of halogens is 1. The van der Waals surface area contributed by atoms with Gasteiger partial charge in [0.2, 0.25) is 0 Å². The van der Waals surface area contributed by atoms with E-state index in [0.717, 1.165) is 36.4 Å². The van der Waals surface area contributed by atoms with Crippen LogP contribution in [-0.2, 0) is 0 Å². The minimum Gasteiger partial charge on any atom is -0.331 e. The fraction of sp³-hybridized carbons (Fsp3) is 0.375. The third-order valence-corrected chi connectivity index (χ3v) is 4.75. The lowest BCUT2D eigenvalue weighted by Crippen LogP contribution is -2.38. The topological polar surface area (TPSA) is 33.2 Å². The van der Waals surface area contributed by atoms with Crippen molar-refractivity contribution in [3.05, 3.63) is 51.7 Å². The highest BCUT2D eigenvalue weighted by Gasteiger charge is 2.29. The Morgan fingerprint density at radius 3 is 2.76 bits per heavy atom. The molecule has 1 atom stereocenters. The first-order valence-corrected chi connectivity index (χ1v) is 7.95. The molecule has 1 amide bonds. The number of piperidine rings is 1. The molecule has 0 bridgehead atoms. The van der Waals surface area contributed by atoms with Gasteiger partial charge >= 0.3 is 0 Å². The predicted octanol–water partition coefficient (Wildman–Crippen LogP) is 3.96. The van der Waals surface area contributed by atoms with Crippen LogP contribution in [0.25, 0.3) is 0 Å². The van der Waals surface area contributed by atoms with Crippen molar-refractivity contribution < 1.29 is 9.18 Å². The minimum absolute atomic E-state index is 0.0363. The van der Waals surface area contributed by atoms with E-state index in [1.54, 1.807) is 18.3 Å². The second kappa shape index (κ2) is 5.93. The number of benzene rings is 1. The maximum atomic E-state index is 13.1. The van der Waals surface area contributed by atoms with E-state index >= 15 is 0 Å². The van der Waals surface area contributed by atoms with E-state index in [0.29, 0.717) is 4.88 Å². The van der Waals surface area contributed by atoms with Crippen LogP contribution in [0.2, 0.25) is 0 Å². The lowest BCUT2D eigenvalue weighted by Gasteiger charge is -2.35. The molecule has 2 heterocycles. The highest BCUT2D eigenvalue weighted by Crippen LogP contribution is 2.32. The number of carbonyl (C=O) groups is 1. The maximum Gasteiger partial charge on any atom is 0.266 e. The number of aryl methyl sites for hydroxylation is 1. The van der Waals surface area contributed by atoms with Gasteiger partial charge in [0.15, 0.2) is 0 Å². The highest BCUT2D eigenvalue weighted by molar-refractivity contribution is 7.13. The molecule has 1 aromatic heterocycles. The largest absolute Gasteiger partial charge is 0.331 e. The van der Waals surface area contributed by atoms with Gasteiger partial charge < -0.3 is 4.90 Å². The summed E-state index contributed by atoms with van der Waals surface area (Å²) in [5.74, 6) is -0.208. The monoisotopic (exact) mass is 304 g/mol. The number of thiazole rings is 1. The molecule has 2 aromatic rings. The molecule has 3 nitrogen and oxygen atoms in total. The van der Waals surface area contributed by atoms with E-state index in [9.17, 15) is 9.18 Å². The molecule has 1 aliphatic rings. The van der Waals surface area contributed by atoms with Gasteiger partial charge in [-0.1, -0.05) is 12.1 Å². The van der Waals surface area contributed by atoms with Gasteiger partial charge in [-0.15, -0.1) is 11.3 Å². The van der Waals surface area contributed by atoms with E-state index in [-0.39, 0.29) is 17.8 Å². The zero-order chi connectivity index (χ0) is 14.8. The fourth-order valence-electron chi connectivity index (χ4n) is 2.81. The lowest BCUT2D eigenvalue weighted by molar-refractivity contribution is 0.0616. The maximum absolute atomic E-state index is 13.1. The van der Waals surface area contributed by atoms with Crippen molar-refractivity contribution in [3.63, 3.8) is 0 Å². The molecule has 21 heavy (non-hydrogen) atoms. The molecule has 1 aliphatic heterocycles. The SMILES string of the molecule is Cc1ncc(C(=O)N2CCCCC2c2ccc(F)cc2)s1. The van der Waals surface area contributed by atoms with Gasteiger partial charge in [0.25, 0.3) is 5.91 Å². The summed E-state index contributed by atoms with van der Waals surface area (Å²) in [7, 11) is 0. The normalized spacial score (nSPS) is 18.8.